The standard InChI is InChI=1S/C9H10BrFO/c1-12-9(10)6-7-2-4-8(11)5-3-7/h2-5,9H,6H2,1H3. The molecular weight excluding hydrogens is 223 g/mol. The van der Waals surface area contributed by atoms with Crippen LogP contribution in [0.1, 0.15) is 5.56 Å². The molecule has 0 N–H and O–H groups in total. The van der Waals surface area contributed by atoms with E-state index in [0.717, 1.165) is 12.0 Å². The van der Waals surface area contributed by atoms with E-state index in [0.29, 0.717) is 0 Å². The van der Waals surface area contributed by atoms with Crippen molar-refractivity contribution in [2.45, 2.75) is 11.4 Å². The van der Waals surface area contributed by atoms with Crippen LogP contribution in [0.4, 0.5) is 4.39 Å². The van der Waals surface area contributed by atoms with Gasteiger partial charge in [0.2, 0.25) is 0 Å². The molecule has 1 rings (SSSR count). The van der Waals surface area contributed by atoms with Crippen LogP contribution in [-0.2, 0) is 11.2 Å². The normalized spacial score (nSPS) is 12.9. The summed E-state index contributed by atoms with van der Waals surface area (Å²) < 4.78 is 17.5. The molecule has 0 bridgehead atoms. The lowest BCUT2D eigenvalue weighted by Gasteiger charge is -2.06. The molecule has 1 aromatic carbocycles. The van der Waals surface area contributed by atoms with E-state index in [1.165, 1.54) is 12.1 Å². The van der Waals surface area contributed by atoms with Gasteiger partial charge in [-0.15, -0.1) is 0 Å². The first-order valence-electron chi connectivity index (χ1n) is 3.63. The summed E-state index contributed by atoms with van der Waals surface area (Å²) in [4.78, 5) is 0. The number of ether oxygens (including phenoxy) is 1. The number of rotatable bonds is 3. The monoisotopic (exact) mass is 232 g/mol. The second-order valence-corrected chi connectivity index (χ2v) is 3.50. The highest BCUT2D eigenvalue weighted by molar-refractivity contribution is 9.09. The summed E-state index contributed by atoms with van der Waals surface area (Å²) in [6.07, 6.45) is 0.747. The summed E-state index contributed by atoms with van der Waals surface area (Å²) in [7, 11) is 1.63. The molecule has 1 aromatic rings. The zero-order chi connectivity index (χ0) is 8.97. The van der Waals surface area contributed by atoms with Crippen LogP contribution in [0.3, 0.4) is 0 Å². The van der Waals surface area contributed by atoms with Gasteiger partial charge in [0.05, 0.1) is 0 Å². The van der Waals surface area contributed by atoms with Crippen LogP contribution in [0.25, 0.3) is 0 Å². The molecule has 0 radical (unpaired) electrons. The van der Waals surface area contributed by atoms with E-state index in [9.17, 15) is 4.39 Å². The van der Waals surface area contributed by atoms with Gasteiger partial charge in [0, 0.05) is 13.5 Å². The van der Waals surface area contributed by atoms with E-state index in [-0.39, 0.29) is 10.8 Å². The van der Waals surface area contributed by atoms with Crippen LogP contribution >= 0.6 is 15.9 Å². The van der Waals surface area contributed by atoms with Gasteiger partial charge in [0.1, 0.15) is 10.8 Å². The molecule has 1 unspecified atom stereocenters. The van der Waals surface area contributed by atoms with E-state index in [2.05, 4.69) is 15.9 Å². The minimum absolute atomic E-state index is 0.00274. The second kappa shape index (κ2) is 4.58. The second-order valence-electron chi connectivity index (χ2n) is 2.48. The molecule has 0 aromatic heterocycles. The Balaban J connectivity index is 2.58. The van der Waals surface area contributed by atoms with Crippen LogP contribution in [-0.4, -0.2) is 12.1 Å². The summed E-state index contributed by atoms with van der Waals surface area (Å²) in [6, 6.07) is 6.40. The zero-order valence-corrected chi connectivity index (χ0v) is 8.34. The number of hydrogen-bond acceptors (Lipinski definition) is 1. The Kier molecular flexibility index (Phi) is 3.69. The van der Waals surface area contributed by atoms with Gasteiger partial charge in [-0.2, -0.15) is 0 Å². The number of methoxy groups -OCH3 is 1. The first-order chi connectivity index (χ1) is 5.72. The summed E-state index contributed by atoms with van der Waals surface area (Å²) in [6.45, 7) is 0. The molecule has 0 fully saturated rings. The Morgan fingerprint density at radius 1 is 1.42 bits per heavy atom. The minimum atomic E-state index is -0.206. The highest BCUT2D eigenvalue weighted by Gasteiger charge is 2.02. The van der Waals surface area contributed by atoms with E-state index >= 15 is 0 Å². The van der Waals surface area contributed by atoms with Crippen molar-refractivity contribution in [2.75, 3.05) is 7.11 Å². The first-order valence-corrected chi connectivity index (χ1v) is 4.55. The summed E-state index contributed by atoms with van der Waals surface area (Å²) in [5.41, 5.74) is 1.06. The predicted octanol–water partition coefficient (Wildman–Crippen LogP) is 2.74. The molecule has 0 heterocycles. The van der Waals surface area contributed by atoms with Crippen LogP contribution in [0.5, 0.6) is 0 Å². The molecule has 0 aliphatic heterocycles. The lowest BCUT2D eigenvalue weighted by molar-refractivity contribution is 0.179. The van der Waals surface area contributed by atoms with Gasteiger partial charge in [-0.1, -0.05) is 28.1 Å². The Morgan fingerprint density at radius 3 is 2.50 bits per heavy atom. The molecule has 0 aliphatic carbocycles. The van der Waals surface area contributed by atoms with Crippen molar-refractivity contribution in [1.82, 2.24) is 0 Å². The number of alkyl halides is 1. The van der Waals surface area contributed by atoms with Crippen molar-refractivity contribution < 1.29 is 9.13 Å². The molecule has 0 saturated heterocycles. The number of halogens is 2. The fraction of sp³-hybridized carbons (Fsp3) is 0.333. The van der Waals surface area contributed by atoms with Crippen molar-refractivity contribution in [1.29, 1.82) is 0 Å². The van der Waals surface area contributed by atoms with Crippen LogP contribution < -0.4 is 0 Å². The highest BCUT2D eigenvalue weighted by atomic mass is 79.9. The molecule has 12 heavy (non-hydrogen) atoms. The lowest BCUT2D eigenvalue weighted by Crippen LogP contribution is -2.04. The van der Waals surface area contributed by atoms with Crippen molar-refractivity contribution in [3.63, 3.8) is 0 Å². The van der Waals surface area contributed by atoms with Crippen molar-refractivity contribution in [3.05, 3.63) is 35.6 Å². The third-order valence-electron chi connectivity index (χ3n) is 1.57. The van der Waals surface area contributed by atoms with Crippen molar-refractivity contribution >= 4 is 15.9 Å². The molecular formula is C9H10BrFO. The average molecular weight is 233 g/mol. The molecule has 1 nitrogen and oxygen atoms in total. The summed E-state index contributed by atoms with van der Waals surface area (Å²) >= 11 is 3.32. The van der Waals surface area contributed by atoms with Gasteiger partial charge in [0.15, 0.2) is 0 Å². The summed E-state index contributed by atoms with van der Waals surface area (Å²) in [5.74, 6) is -0.206. The molecule has 0 saturated carbocycles. The molecule has 3 heteroatoms. The van der Waals surface area contributed by atoms with Crippen LogP contribution in [0.15, 0.2) is 24.3 Å². The van der Waals surface area contributed by atoms with Gasteiger partial charge in [-0.05, 0) is 17.7 Å². The fourth-order valence-corrected chi connectivity index (χ4v) is 1.26. The molecule has 0 amide bonds. The van der Waals surface area contributed by atoms with E-state index < -0.39 is 0 Å². The molecule has 1 atom stereocenters. The Labute approximate surface area is 79.7 Å². The quantitative estimate of drug-likeness (QED) is 0.729. The molecule has 0 spiro atoms. The largest absolute Gasteiger partial charge is 0.370 e. The predicted molar refractivity (Wildman–Crippen MR) is 49.8 cm³/mol. The maximum atomic E-state index is 12.5. The number of hydrogen-bond donors (Lipinski definition) is 0. The third kappa shape index (κ3) is 2.91. The zero-order valence-electron chi connectivity index (χ0n) is 6.76. The fourth-order valence-electron chi connectivity index (χ4n) is 0.889. The van der Waals surface area contributed by atoms with Gasteiger partial charge in [-0.25, -0.2) is 4.39 Å². The highest BCUT2D eigenvalue weighted by Crippen LogP contribution is 2.10. The third-order valence-corrected chi connectivity index (χ3v) is 2.26. The lowest BCUT2D eigenvalue weighted by atomic mass is 10.2. The maximum absolute atomic E-state index is 12.5. The number of benzene rings is 1. The Hall–Kier alpha value is -0.410. The van der Waals surface area contributed by atoms with Crippen molar-refractivity contribution in [3.8, 4) is 0 Å². The average Bonchev–Trinajstić information content (AvgIpc) is 2.09. The van der Waals surface area contributed by atoms with Gasteiger partial charge in [0.25, 0.3) is 0 Å². The molecule has 66 valence electrons. The van der Waals surface area contributed by atoms with Crippen LogP contribution in [0, 0.1) is 5.82 Å². The van der Waals surface area contributed by atoms with Crippen molar-refractivity contribution in [2.24, 2.45) is 0 Å². The topological polar surface area (TPSA) is 9.23 Å². The van der Waals surface area contributed by atoms with E-state index in [4.69, 9.17) is 4.74 Å². The maximum Gasteiger partial charge on any atom is 0.123 e. The van der Waals surface area contributed by atoms with Gasteiger partial charge < -0.3 is 4.74 Å². The van der Waals surface area contributed by atoms with E-state index in [1.54, 1.807) is 19.2 Å². The summed E-state index contributed by atoms with van der Waals surface area (Å²) in [5, 5.41) is 0.00274. The smallest absolute Gasteiger partial charge is 0.123 e. The van der Waals surface area contributed by atoms with Gasteiger partial charge in [-0.3, -0.25) is 0 Å². The molecule has 0 aliphatic rings. The SMILES string of the molecule is COC(Br)Cc1ccc(F)cc1. The Morgan fingerprint density at radius 2 is 2.00 bits per heavy atom. The minimum Gasteiger partial charge on any atom is -0.370 e. The Bertz CT molecular complexity index is 235. The van der Waals surface area contributed by atoms with E-state index in [1.807, 2.05) is 0 Å². The van der Waals surface area contributed by atoms with Gasteiger partial charge >= 0.3 is 0 Å². The first kappa shape index (κ1) is 9.68. The van der Waals surface area contributed by atoms with Crippen LogP contribution in [0.2, 0.25) is 0 Å².